The topological polar surface area (TPSA) is 123 Å². The van der Waals surface area contributed by atoms with Gasteiger partial charge in [0, 0.05) is 16.2 Å². The van der Waals surface area contributed by atoms with Crippen LogP contribution in [0, 0.1) is 38.9 Å². The summed E-state index contributed by atoms with van der Waals surface area (Å²) in [5.74, 6) is 0.528. The zero-order valence-corrected chi connectivity index (χ0v) is 33.2. The van der Waals surface area contributed by atoms with Gasteiger partial charge >= 0.3 is 0 Å². The van der Waals surface area contributed by atoms with Crippen LogP contribution in [0.1, 0.15) is 141 Å². The van der Waals surface area contributed by atoms with Crippen molar-refractivity contribution in [3.05, 3.63) is 82.5 Å². The molecule has 7 nitrogen and oxygen atoms in total. The third-order valence-electron chi connectivity index (χ3n) is 16.8. The molecule has 7 aliphatic rings. The second-order valence-corrected chi connectivity index (χ2v) is 19.8. The van der Waals surface area contributed by atoms with Crippen molar-refractivity contribution in [2.24, 2.45) is 44.6 Å². The molecule has 1 spiro atoms. The standard InChI is InChI=1S/C26H30O5.C20H29NO/c1-22(2)17(27)7-9-23(3)16-6-10-24(4)15(14-8-11-30-13-14)12-18-26(24,31-18)25(16,5)21(29)19(28)20(22)23;1-13(2)14-6-8-16-15(12-14)7-9-17-19(16,3)10-5-11-20(17,4)18(21)22/h7-9,11,13,15-16,18,28H,6,10,12H2,1-5H3;6,8,12-13,17H,5,7,9-11H2,1-4H3,(H2,21,22). The van der Waals surface area contributed by atoms with Gasteiger partial charge in [-0.25, -0.2) is 0 Å². The normalized spacial score (nSPS) is 43.1. The monoisotopic (exact) mass is 721 g/mol. The number of amides is 1. The van der Waals surface area contributed by atoms with Crippen LogP contribution in [0.3, 0.4) is 0 Å². The van der Waals surface area contributed by atoms with Gasteiger partial charge in [0.15, 0.2) is 11.5 Å². The maximum atomic E-state index is 14.0. The predicted molar refractivity (Wildman–Crippen MR) is 204 cm³/mol. The summed E-state index contributed by atoms with van der Waals surface area (Å²) in [6.07, 6.45) is 15.1. The summed E-state index contributed by atoms with van der Waals surface area (Å²) in [6, 6.07) is 9.05. The summed E-state index contributed by atoms with van der Waals surface area (Å²) in [7, 11) is 0. The average molecular weight is 722 g/mol. The van der Waals surface area contributed by atoms with E-state index in [0.717, 1.165) is 44.9 Å². The van der Waals surface area contributed by atoms with Crippen molar-refractivity contribution in [1.29, 1.82) is 0 Å². The Bertz CT molecular complexity index is 1970. The van der Waals surface area contributed by atoms with Gasteiger partial charge in [0.25, 0.3) is 0 Å². The van der Waals surface area contributed by atoms with E-state index in [-0.39, 0.29) is 57.4 Å². The fourth-order valence-electron chi connectivity index (χ4n) is 13.9. The Balaban J connectivity index is 0.000000161. The summed E-state index contributed by atoms with van der Waals surface area (Å²) in [5, 5.41) is 11.4. The van der Waals surface area contributed by atoms with Gasteiger partial charge in [-0.2, -0.15) is 0 Å². The minimum Gasteiger partial charge on any atom is -0.504 e. The van der Waals surface area contributed by atoms with Crippen molar-refractivity contribution in [2.75, 3.05) is 0 Å². The fourth-order valence-corrected chi connectivity index (χ4v) is 13.9. The number of primary amides is 1. The molecule has 7 heteroatoms. The number of aliphatic hydroxyl groups excluding tert-OH is 1. The molecule has 10 atom stereocenters. The Morgan fingerprint density at radius 3 is 2.36 bits per heavy atom. The van der Waals surface area contributed by atoms with E-state index in [2.05, 4.69) is 59.7 Å². The maximum Gasteiger partial charge on any atom is 0.223 e. The first kappa shape index (κ1) is 36.5. The van der Waals surface area contributed by atoms with Crippen LogP contribution >= 0.6 is 0 Å². The van der Waals surface area contributed by atoms with Gasteiger partial charge in [-0.15, -0.1) is 0 Å². The third-order valence-corrected chi connectivity index (χ3v) is 16.8. The molecule has 2 heterocycles. The highest BCUT2D eigenvalue weighted by molar-refractivity contribution is 6.06. The van der Waals surface area contributed by atoms with Crippen LogP contribution < -0.4 is 5.73 Å². The highest BCUT2D eigenvalue weighted by Crippen LogP contribution is 2.81. The molecule has 0 bridgehead atoms. The number of hydrogen-bond donors (Lipinski definition) is 2. The smallest absolute Gasteiger partial charge is 0.223 e. The predicted octanol–water partition coefficient (Wildman–Crippen LogP) is 9.20. The molecule has 3 saturated carbocycles. The first-order valence-electron chi connectivity index (χ1n) is 20.1. The van der Waals surface area contributed by atoms with E-state index in [1.165, 1.54) is 28.7 Å². The van der Waals surface area contributed by atoms with Crippen LogP contribution in [0.2, 0.25) is 0 Å². The van der Waals surface area contributed by atoms with Gasteiger partial charge < -0.3 is 20.0 Å². The largest absolute Gasteiger partial charge is 0.504 e. The van der Waals surface area contributed by atoms with Gasteiger partial charge in [-0.1, -0.05) is 72.2 Å². The van der Waals surface area contributed by atoms with Crippen molar-refractivity contribution in [3.63, 3.8) is 0 Å². The maximum absolute atomic E-state index is 14.0. The highest BCUT2D eigenvalue weighted by atomic mass is 16.6. The van der Waals surface area contributed by atoms with Gasteiger partial charge in [-0.3, -0.25) is 14.4 Å². The number of benzene rings is 1. The molecule has 4 fully saturated rings. The van der Waals surface area contributed by atoms with Gasteiger partial charge in [0.2, 0.25) is 11.7 Å². The minimum atomic E-state index is -0.901. The quantitative estimate of drug-likeness (QED) is 0.305. The number of ketones is 2. The van der Waals surface area contributed by atoms with Crippen molar-refractivity contribution < 1.29 is 28.6 Å². The lowest BCUT2D eigenvalue weighted by Gasteiger charge is -2.62. The van der Waals surface area contributed by atoms with Gasteiger partial charge in [-0.05, 0) is 135 Å². The molecule has 3 N–H and O–H groups in total. The van der Waals surface area contributed by atoms with Crippen molar-refractivity contribution in [1.82, 2.24) is 0 Å². The molecule has 284 valence electrons. The lowest BCUT2D eigenvalue weighted by Crippen LogP contribution is -2.66. The van der Waals surface area contributed by atoms with Gasteiger partial charge in [0.1, 0.15) is 5.60 Å². The first-order chi connectivity index (χ1) is 24.7. The van der Waals surface area contributed by atoms with Crippen LogP contribution in [0.5, 0.6) is 0 Å². The Hall–Kier alpha value is -3.45. The number of furan rings is 1. The number of Topliss-reactive ketones (excluding diaryl/α,β-unsaturated/α-hetero) is 1. The van der Waals surface area contributed by atoms with Crippen LogP contribution in [-0.4, -0.2) is 34.3 Å². The van der Waals surface area contributed by atoms with Gasteiger partial charge in [0.05, 0.1) is 29.5 Å². The van der Waals surface area contributed by atoms with E-state index in [9.17, 15) is 19.5 Å². The number of rotatable bonds is 3. The lowest BCUT2D eigenvalue weighted by molar-refractivity contribution is -0.162. The van der Waals surface area contributed by atoms with E-state index >= 15 is 0 Å². The highest BCUT2D eigenvalue weighted by Gasteiger charge is 2.87. The number of hydrogen-bond acceptors (Lipinski definition) is 6. The second-order valence-electron chi connectivity index (χ2n) is 19.8. The molecule has 1 aliphatic heterocycles. The fraction of sp³-hybridized carbons (Fsp3) is 0.630. The van der Waals surface area contributed by atoms with E-state index < -0.39 is 21.8 Å². The number of ether oxygens (including phenoxy) is 1. The molecular formula is C46H59NO6. The van der Waals surface area contributed by atoms with Crippen molar-refractivity contribution in [2.45, 2.75) is 143 Å². The Morgan fingerprint density at radius 1 is 0.962 bits per heavy atom. The number of carbonyl (C=O) groups excluding carboxylic acids is 3. The zero-order chi connectivity index (χ0) is 38.3. The number of aryl methyl sites for hydroxylation is 1. The number of carbonyl (C=O) groups is 3. The van der Waals surface area contributed by atoms with Crippen LogP contribution in [0.25, 0.3) is 0 Å². The van der Waals surface area contributed by atoms with Crippen molar-refractivity contribution in [3.8, 4) is 0 Å². The van der Waals surface area contributed by atoms with Crippen LogP contribution in [0.4, 0.5) is 0 Å². The van der Waals surface area contributed by atoms with Crippen LogP contribution in [-0.2, 0) is 31.0 Å². The summed E-state index contributed by atoms with van der Waals surface area (Å²) in [4.78, 5) is 38.9. The Labute approximate surface area is 315 Å². The SMILES string of the molecule is CC(C)c1ccc2c(c1)CCC1C(C)(C(N)=O)CCCC21C.CC1(C)C(=O)C=CC2(C)C1=C(O)C(=O)C1(C)C2CCC2(C)C(c3ccoc3)CC3OC321. The number of allylic oxidation sites excluding steroid dienone is 4. The molecule has 6 aliphatic carbocycles. The first-order valence-corrected chi connectivity index (χ1v) is 20.1. The van der Waals surface area contributed by atoms with E-state index in [1.54, 1.807) is 12.3 Å². The molecule has 10 unspecified atom stereocenters. The summed E-state index contributed by atoms with van der Waals surface area (Å²) >= 11 is 0. The number of epoxide rings is 1. The molecule has 1 aromatic carbocycles. The molecular weight excluding hydrogens is 663 g/mol. The number of fused-ring (bicyclic) bond motifs is 6. The molecule has 9 rings (SSSR count). The molecule has 1 amide bonds. The Morgan fingerprint density at radius 2 is 1.70 bits per heavy atom. The minimum absolute atomic E-state index is 0.00527. The van der Waals surface area contributed by atoms with Crippen molar-refractivity contribution >= 4 is 17.5 Å². The lowest BCUT2D eigenvalue weighted by atomic mass is 9.39. The third kappa shape index (κ3) is 4.40. The number of nitrogens with two attached hydrogens (primary N) is 1. The second kappa shape index (κ2) is 11.3. The average Bonchev–Trinajstić information content (AvgIpc) is 3.45. The summed E-state index contributed by atoms with van der Waals surface area (Å²) in [6.45, 7) is 19.0. The summed E-state index contributed by atoms with van der Waals surface area (Å²) < 4.78 is 11.9. The molecule has 2 aromatic rings. The zero-order valence-electron chi connectivity index (χ0n) is 33.2. The number of aliphatic hydroxyl groups is 1. The van der Waals surface area contributed by atoms with Crippen LogP contribution in [0.15, 0.2) is 64.7 Å². The van der Waals surface area contributed by atoms with E-state index in [1.807, 2.05) is 39.2 Å². The molecule has 0 radical (unpaired) electrons. The molecule has 1 aromatic heterocycles. The van der Waals surface area contributed by atoms with E-state index in [4.69, 9.17) is 14.9 Å². The molecule has 53 heavy (non-hydrogen) atoms. The molecule has 1 saturated heterocycles. The Kier molecular flexibility index (Phi) is 7.79. The summed E-state index contributed by atoms with van der Waals surface area (Å²) in [5.41, 5.74) is 8.57. The van der Waals surface area contributed by atoms with E-state index in [0.29, 0.717) is 17.4 Å².